The summed E-state index contributed by atoms with van der Waals surface area (Å²) in [5.41, 5.74) is 0. The van der Waals surface area contributed by atoms with Crippen molar-refractivity contribution < 1.29 is 9.53 Å². The van der Waals surface area contributed by atoms with Crippen LogP contribution in [-0.2, 0) is 9.53 Å². The lowest BCUT2D eigenvalue weighted by Gasteiger charge is -2.09. The first kappa shape index (κ1) is 7.86. The Morgan fingerprint density at radius 3 is 2.50 bits per heavy atom. The second kappa shape index (κ2) is 2.79. The number of carbonyl (C=O) groups excluding carboxylic acids is 1. The molecule has 3 atom stereocenters. The third-order valence-electron chi connectivity index (χ3n) is 1.94. The number of hydrogen-bond acceptors (Lipinski definition) is 2. The van der Waals surface area contributed by atoms with Gasteiger partial charge in [0.25, 0.3) is 0 Å². The van der Waals surface area contributed by atoms with Crippen molar-refractivity contribution in [1.82, 2.24) is 0 Å². The van der Waals surface area contributed by atoms with Crippen LogP contribution in [0.2, 0.25) is 0 Å². The maximum atomic E-state index is 10.8. The second-order valence-corrected chi connectivity index (χ2v) is 3.11. The van der Waals surface area contributed by atoms with E-state index in [1.54, 1.807) is 0 Å². The average Bonchev–Trinajstić information content (AvgIpc) is 2.17. The third-order valence-corrected chi connectivity index (χ3v) is 2.52. The highest BCUT2D eigenvalue weighted by molar-refractivity contribution is 6.30. The van der Waals surface area contributed by atoms with Crippen LogP contribution >= 0.6 is 11.6 Å². The van der Waals surface area contributed by atoms with Gasteiger partial charge in [-0.05, 0) is 6.42 Å². The molecule has 2 nitrogen and oxygen atoms in total. The highest BCUT2D eigenvalue weighted by Gasteiger charge is 2.39. The van der Waals surface area contributed by atoms with Gasteiger partial charge in [-0.2, -0.15) is 0 Å². The van der Waals surface area contributed by atoms with Crippen molar-refractivity contribution in [1.29, 1.82) is 0 Å². The second-order valence-electron chi connectivity index (χ2n) is 2.64. The SMILES string of the molecule is CC[C@H]1OC(=O)[C@@H](Cl)[C@H]1C. The lowest BCUT2D eigenvalue weighted by Crippen LogP contribution is -2.16. The summed E-state index contributed by atoms with van der Waals surface area (Å²) in [4.78, 5) is 10.8. The molecule has 0 aromatic carbocycles. The molecule has 58 valence electrons. The molecule has 0 aromatic rings. The summed E-state index contributed by atoms with van der Waals surface area (Å²) < 4.78 is 4.96. The van der Waals surface area contributed by atoms with E-state index in [0.717, 1.165) is 6.42 Å². The molecule has 0 unspecified atom stereocenters. The first-order valence-corrected chi connectivity index (χ1v) is 3.95. The Hall–Kier alpha value is -0.240. The van der Waals surface area contributed by atoms with Gasteiger partial charge in [-0.25, -0.2) is 0 Å². The summed E-state index contributed by atoms with van der Waals surface area (Å²) in [6.45, 7) is 3.93. The molecule has 1 fully saturated rings. The van der Waals surface area contributed by atoms with Crippen molar-refractivity contribution in [3.63, 3.8) is 0 Å². The highest BCUT2D eigenvalue weighted by atomic mass is 35.5. The molecule has 1 rings (SSSR count). The molecular weight excluding hydrogens is 152 g/mol. The molecule has 0 N–H and O–H groups in total. The summed E-state index contributed by atoms with van der Waals surface area (Å²) in [5, 5.41) is -0.426. The Morgan fingerprint density at radius 2 is 2.30 bits per heavy atom. The number of alkyl halides is 1. The predicted molar refractivity (Wildman–Crippen MR) is 39.0 cm³/mol. The van der Waals surface area contributed by atoms with Gasteiger partial charge in [0.2, 0.25) is 0 Å². The smallest absolute Gasteiger partial charge is 0.324 e. The van der Waals surface area contributed by atoms with Crippen molar-refractivity contribution in [2.24, 2.45) is 5.92 Å². The van der Waals surface area contributed by atoms with Crippen molar-refractivity contribution in [2.45, 2.75) is 31.7 Å². The van der Waals surface area contributed by atoms with Gasteiger partial charge in [0.1, 0.15) is 11.5 Å². The number of esters is 1. The summed E-state index contributed by atoms with van der Waals surface area (Å²) in [5.74, 6) is -0.0971. The molecule has 0 saturated carbocycles. The number of halogens is 1. The quantitative estimate of drug-likeness (QED) is 0.432. The van der Waals surface area contributed by atoms with Crippen molar-refractivity contribution >= 4 is 17.6 Å². The Kier molecular flexibility index (Phi) is 2.19. The molecule has 10 heavy (non-hydrogen) atoms. The van der Waals surface area contributed by atoms with E-state index in [1.165, 1.54) is 0 Å². The first-order chi connectivity index (χ1) is 4.66. The molecule has 0 radical (unpaired) electrons. The maximum absolute atomic E-state index is 10.8. The largest absolute Gasteiger partial charge is 0.461 e. The molecule has 1 heterocycles. The minimum Gasteiger partial charge on any atom is -0.461 e. The first-order valence-electron chi connectivity index (χ1n) is 3.51. The van der Waals surface area contributed by atoms with E-state index in [1.807, 2.05) is 13.8 Å². The summed E-state index contributed by atoms with van der Waals surface area (Å²) in [6, 6.07) is 0. The van der Waals surface area contributed by atoms with Crippen molar-refractivity contribution in [3.8, 4) is 0 Å². The molecule has 0 amide bonds. The Morgan fingerprint density at radius 1 is 1.70 bits per heavy atom. The third kappa shape index (κ3) is 1.12. The van der Waals surface area contributed by atoms with Crippen LogP contribution in [0, 0.1) is 5.92 Å². The molecule has 0 aromatic heterocycles. The molecule has 1 aliphatic heterocycles. The number of cyclic esters (lactones) is 1. The minimum absolute atomic E-state index is 0.0370. The molecule has 0 aliphatic carbocycles. The summed E-state index contributed by atoms with van der Waals surface area (Å²) in [7, 11) is 0. The van der Waals surface area contributed by atoms with Crippen molar-refractivity contribution in [2.75, 3.05) is 0 Å². The predicted octanol–water partition coefficient (Wildman–Crippen LogP) is 1.57. The van der Waals surface area contributed by atoms with Gasteiger partial charge in [0.05, 0.1) is 0 Å². The molecule has 0 bridgehead atoms. The zero-order valence-corrected chi connectivity index (χ0v) is 6.89. The van der Waals surface area contributed by atoms with Crippen LogP contribution in [0.25, 0.3) is 0 Å². The molecule has 3 heteroatoms. The van der Waals surface area contributed by atoms with Gasteiger partial charge in [-0.3, -0.25) is 4.79 Å². The zero-order valence-electron chi connectivity index (χ0n) is 6.13. The van der Waals surface area contributed by atoms with Gasteiger partial charge in [0.15, 0.2) is 0 Å². The lowest BCUT2D eigenvalue weighted by molar-refractivity contribution is -0.141. The summed E-state index contributed by atoms with van der Waals surface area (Å²) >= 11 is 5.71. The minimum atomic E-state index is -0.426. The van der Waals surface area contributed by atoms with Crippen LogP contribution in [0.4, 0.5) is 0 Å². The van der Waals surface area contributed by atoms with Gasteiger partial charge in [0, 0.05) is 5.92 Å². The maximum Gasteiger partial charge on any atom is 0.324 e. The van der Waals surface area contributed by atoms with Gasteiger partial charge in [-0.15, -0.1) is 11.6 Å². The van der Waals surface area contributed by atoms with Crippen LogP contribution in [0.5, 0.6) is 0 Å². The van der Waals surface area contributed by atoms with Gasteiger partial charge in [-0.1, -0.05) is 13.8 Å². The Bertz CT molecular complexity index is 147. The van der Waals surface area contributed by atoms with Crippen molar-refractivity contribution in [3.05, 3.63) is 0 Å². The fourth-order valence-corrected chi connectivity index (χ4v) is 1.39. The van der Waals surface area contributed by atoms with E-state index in [4.69, 9.17) is 16.3 Å². The topological polar surface area (TPSA) is 26.3 Å². The van der Waals surface area contributed by atoms with Crippen LogP contribution in [0.15, 0.2) is 0 Å². The Balaban J connectivity index is 2.61. The van der Waals surface area contributed by atoms with Crippen LogP contribution < -0.4 is 0 Å². The van der Waals surface area contributed by atoms with E-state index in [-0.39, 0.29) is 18.0 Å². The highest BCUT2D eigenvalue weighted by Crippen LogP contribution is 2.28. The average molecular weight is 163 g/mol. The number of rotatable bonds is 1. The van der Waals surface area contributed by atoms with E-state index >= 15 is 0 Å². The van der Waals surface area contributed by atoms with Crippen LogP contribution in [0.3, 0.4) is 0 Å². The standard InChI is InChI=1S/C7H11ClO2/c1-3-5-4(2)6(8)7(9)10-5/h4-6H,3H2,1-2H3/t4-,5+,6-/m0/s1. The normalized spacial score (nSPS) is 39.9. The number of carbonyl (C=O) groups is 1. The Labute approximate surface area is 65.5 Å². The molecule has 0 spiro atoms. The van der Waals surface area contributed by atoms with E-state index in [0.29, 0.717) is 0 Å². The van der Waals surface area contributed by atoms with Crippen LogP contribution in [-0.4, -0.2) is 17.5 Å². The fourth-order valence-electron chi connectivity index (χ4n) is 1.18. The molecule has 1 aliphatic rings. The lowest BCUT2D eigenvalue weighted by atomic mass is 10.0. The van der Waals surface area contributed by atoms with E-state index < -0.39 is 5.38 Å². The summed E-state index contributed by atoms with van der Waals surface area (Å²) in [6.07, 6.45) is 0.894. The molecule has 1 saturated heterocycles. The molecular formula is C7H11ClO2. The monoisotopic (exact) mass is 162 g/mol. The van der Waals surface area contributed by atoms with Crippen LogP contribution in [0.1, 0.15) is 20.3 Å². The fraction of sp³-hybridized carbons (Fsp3) is 0.857. The van der Waals surface area contributed by atoms with Gasteiger partial charge >= 0.3 is 5.97 Å². The van der Waals surface area contributed by atoms with Gasteiger partial charge < -0.3 is 4.74 Å². The van der Waals surface area contributed by atoms with E-state index in [2.05, 4.69) is 0 Å². The zero-order chi connectivity index (χ0) is 7.72. The van der Waals surface area contributed by atoms with E-state index in [9.17, 15) is 4.79 Å². The number of hydrogen-bond donors (Lipinski definition) is 0. The number of ether oxygens (including phenoxy) is 1.